The lowest BCUT2D eigenvalue weighted by Crippen LogP contribution is -2.52. The average molecular weight is 515 g/mol. The van der Waals surface area contributed by atoms with Crippen LogP contribution in [0.1, 0.15) is 47.4 Å². The van der Waals surface area contributed by atoms with Gasteiger partial charge in [0.25, 0.3) is 11.6 Å². The van der Waals surface area contributed by atoms with Gasteiger partial charge >= 0.3 is 5.97 Å². The van der Waals surface area contributed by atoms with E-state index in [1.165, 1.54) is 12.1 Å². The van der Waals surface area contributed by atoms with E-state index in [2.05, 4.69) is 12.2 Å². The van der Waals surface area contributed by atoms with Crippen LogP contribution in [0.25, 0.3) is 0 Å². The van der Waals surface area contributed by atoms with Crippen molar-refractivity contribution in [2.75, 3.05) is 44.3 Å². The molecule has 0 aromatic heterocycles. The highest BCUT2D eigenvalue weighted by atomic mass is 32.1. The summed E-state index contributed by atoms with van der Waals surface area (Å²) in [6.07, 6.45) is 2.01. The summed E-state index contributed by atoms with van der Waals surface area (Å²) in [5.74, 6) is -0.201. The van der Waals surface area contributed by atoms with Gasteiger partial charge in [0.1, 0.15) is 11.4 Å². The molecule has 1 amide bonds. The smallest absolute Gasteiger partial charge is 0.338 e. The molecule has 0 saturated carbocycles. The quantitative estimate of drug-likeness (QED) is 0.175. The Morgan fingerprint density at radius 3 is 2.33 bits per heavy atom. The molecule has 2 aromatic carbocycles. The number of rotatable bonds is 9. The van der Waals surface area contributed by atoms with Gasteiger partial charge in [-0.3, -0.25) is 20.2 Å². The lowest BCUT2D eigenvalue weighted by Gasteiger charge is -2.37. The molecule has 2 aromatic rings. The van der Waals surface area contributed by atoms with Crippen molar-refractivity contribution in [3.8, 4) is 5.75 Å². The summed E-state index contributed by atoms with van der Waals surface area (Å²) in [4.78, 5) is 39.5. The highest BCUT2D eigenvalue weighted by molar-refractivity contribution is 7.80. The summed E-state index contributed by atoms with van der Waals surface area (Å²) >= 11 is 5.43. The second kappa shape index (κ2) is 12.8. The molecule has 0 radical (unpaired) electrons. The maximum atomic E-state index is 12.6. The van der Waals surface area contributed by atoms with Gasteiger partial charge in [-0.1, -0.05) is 13.3 Å². The van der Waals surface area contributed by atoms with E-state index >= 15 is 0 Å². The van der Waals surface area contributed by atoms with Crippen LogP contribution in [0.5, 0.6) is 5.75 Å². The number of unbranched alkanes of at least 4 members (excludes halogenated alkanes) is 1. The number of esters is 1. The Bertz CT molecular complexity index is 1100. The lowest BCUT2D eigenvalue weighted by atomic mass is 10.1. The van der Waals surface area contributed by atoms with Gasteiger partial charge in [0.15, 0.2) is 5.11 Å². The van der Waals surface area contributed by atoms with Gasteiger partial charge in [0, 0.05) is 37.8 Å². The van der Waals surface area contributed by atoms with Crippen LogP contribution in [-0.4, -0.2) is 66.2 Å². The number of ether oxygens (including phenoxy) is 2. The molecule has 1 N–H and O–H groups in total. The fourth-order valence-corrected chi connectivity index (χ4v) is 3.99. The number of piperazine rings is 1. The molecular weight excluding hydrogens is 484 g/mol. The van der Waals surface area contributed by atoms with Crippen LogP contribution in [0.2, 0.25) is 0 Å². The van der Waals surface area contributed by atoms with Crippen LogP contribution in [-0.2, 0) is 4.74 Å². The first kappa shape index (κ1) is 26.9. The van der Waals surface area contributed by atoms with Gasteiger partial charge in [-0.2, -0.15) is 0 Å². The summed E-state index contributed by atoms with van der Waals surface area (Å²) in [6.45, 7) is 6.45. The van der Waals surface area contributed by atoms with Crippen LogP contribution < -0.4 is 15.0 Å². The van der Waals surface area contributed by atoms with E-state index in [1.807, 2.05) is 9.80 Å². The van der Waals surface area contributed by atoms with Crippen molar-refractivity contribution >= 4 is 40.6 Å². The molecule has 3 rings (SSSR count). The van der Waals surface area contributed by atoms with Crippen molar-refractivity contribution in [2.24, 2.45) is 0 Å². The normalized spacial score (nSPS) is 13.2. The van der Waals surface area contributed by atoms with Crippen molar-refractivity contribution < 1.29 is 24.0 Å². The Hall–Kier alpha value is -3.73. The zero-order chi connectivity index (χ0) is 26.1. The number of hydrogen-bond acceptors (Lipinski definition) is 8. The van der Waals surface area contributed by atoms with Gasteiger partial charge in [-0.25, -0.2) is 4.79 Å². The first-order valence-electron chi connectivity index (χ1n) is 11.9. The molecule has 1 aliphatic heterocycles. The minimum atomic E-state index is -0.600. The number of nitrogens with one attached hydrogen (secondary N) is 1. The zero-order valence-corrected chi connectivity index (χ0v) is 21.2. The van der Waals surface area contributed by atoms with E-state index in [4.69, 9.17) is 21.7 Å². The highest BCUT2D eigenvalue weighted by Crippen LogP contribution is 2.30. The number of anilines is 1. The summed E-state index contributed by atoms with van der Waals surface area (Å²) in [5, 5.41) is 14.7. The third-order valence-corrected chi connectivity index (χ3v) is 6.05. The second-order valence-corrected chi connectivity index (χ2v) is 8.53. The average Bonchev–Trinajstić information content (AvgIpc) is 2.89. The maximum Gasteiger partial charge on any atom is 0.338 e. The summed E-state index contributed by atoms with van der Waals surface area (Å²) < 4.78 is 10.6. The molecule has 1 heterocycles. The Balaban J connectivity index is 1.57. The van der Waals surface area contributed by atoms with E-state index in [9.17, 15) is 19.7 Å². The standard InChI is InChI=1S/C25H30N4O6S/c1-3-5-16-35-20-9-6-18(7-10-20)23(30)26-25(36)28-14-12-27(13-15-28)21-11-8-19(24(31)34-4-2)17-22(21)29(32)33/h6-11,17H,3-5,12-16H2,1-2H3,(H,26,30,36). The predicted molar refractivity (Wildman–Crippen MR) is 140 cm³/mol. The Kier molecular flexibility index (Phi) is 9.57. The van der Waals surface area contributed by atoms with Crippen LogP contribution in [0.3, 0.4) is 0 Å². The summed E-state index contributed by atoms with van der Waals surface area (Å²) in [7, 11) is 0. The number of thiocarbonyl (C=S) groups is 1. The van der Waals surface area contributed by atoms with Crippen LogP contribution in [0, 0.1) is 10.1 Å². The van der Waals surface area contributed by atoms with Crippen molar-refractivity contribution in [3.63, 3.8) is 0 Å². The van der Waals surface area contributed by atoms with Gasteiger partial charge in [-0.15, -0.1) is 0 Å². The first-order valence-corrected chi connectivity index (χ1v) is 12.3. The number of carbonyl (C=O) groups is 2. The minimum absolute atomic E-state index is 0.135. The highest BCUT2D eigenvalue weighted by Gasteiger charge is 2.26. The molecule has 0 bridgehead atoms. The number of hydrogen-bond donors (Lipinski definition) is 1. The molecule has 0 unspecified atom stereocenters. The summed E-state index contributed by atoms with van der Waals surface area (Å²) in [6, 6.07) is 11.2. The number of benzene rings is 2. The van der Waals surface area contributed by atoms with Crippen LogP contribution in [0.15, 0.2) is 42.5 Å². The van der Waals surface area contributed by atoms with E-state index in [0.29, 0.717) is 54.9 Å². The molecule has 192 valence electrons. The van der Waals surface area contributed by atoms with Crippen molar-refractivity contribution in [3.05, 3.63) is 63.7 Å². The number of nitrogens with zero attached hydrogens (tertiary/aromatic N) is 3. The zero-order valence-electron chi connectivity index (χ0n) is 20.4. The van der Waals surface area contributed by atoms with Crippen molar-refractivity contribution in [1.29, 1.82) is 0 Å². The van der Waals surface area contributed by atoms with E-state index in [-0.39, 0.29) is 23.8 Å². The number of nitro benzene ring substituents is 1. The minimum Gasteiger partial charge on any atom is -0.494 e. The van der Waals surface area contributed by atoms with Gasteiger partial charge < -0.3 is 19.3 Å². The molecule has 1 saturated heterocycles. The lowest BCUT2D eigenvalue weighted by molar-refractivity contribution is -0.384. The summed E-state index contributed by atoms with van der Waals surface area (Å²) in [5.41, 5.74) is 0.863. The number of amides is 1. The fourth-order valence-electron chi connectivity index (χ4n) is 3.71. The number of carbonyl (C=O) groups excluding carboxylic acids is 2. The molecular formula is C25H30N4O6S. The SMILES string of the molecule is CCCCOc1ccc(C(=O)NC(=S)N2CCN(c3ccc(C(=O)OCC)cc3[N+](=O)[O-])CC2)cc1. The van der Waals surface area contributed by atoms with E-state index < -0.39 is 10.9 Å². The Labute approximate surface area is 215 Å². The Morgan fingerprint density at radius 2 is 1.72 bits per heavy atom. The molecule has 1 fully saturated rings. The van der Waals surface area contributed by atoms with Gasteiger partial charge in [0.05, 0.1) is 23.7 Å². The molecule has 10 nitrogen and oxygen atoms in total. The van der Waals surface area contributed by atoms with Gasteiger partial charge in [-0.05, 0) is 62.0 Å². The number of nitro groups is 1. The van der Waals surface area contributed by atoms with Crippen molar-refractivity contribution in [2.45, 2.75) is 26.7 Å². The topological polar surface area (TPSA) is 114 Å². The molecule has 11 heteroatoms. The van der Waals surface area contributed by atoms with E-state index in [1.54, 1.807) is 37.3 Å². The van der Waals surface area contributed by atoms with E-state index in [0.717, 1.165) is 12.8 Å². The predicted octanol–water partition coefficient (Wildman–Crippen LogP) is 3.79. The molecule has 0 spiro atoms. The first-order chi connectivity index (χ1) is 17.3. The van der Waals surface area contributed by atoms with Gasteiger partial charge in [0.2, 0.25) is 0 Å². The van der Waals surface area contributed by atoms with Crippen LogP contribution >= 0.6 is 12.2 Å². The molecule has 36 heavy (non-hydrogen) atoms. The van der Waals surface area contributed by atoms with Crippen molar-refractivity contribution in [1.82, 2.24) is 10.2 Å². The maximum absolute atomic E-state index is 12.6. The Morgan fingerprint density at radius 1 is 1.06 bits per heavy atom. The second-order valence-electron chi connectivity index (χ2n) is 8.14. The monoisotopic (exact) mass is 514 g/mol. The molecule has 0 atom stereocenters. The third-order valence-electron chi connectivity index (χ3n) is 5.69. The third kappa shape index (κ3) is 6.91. The van der Waals surface area contributed by atoms with Crippen LogP contribution in [0.4, 0.5) is 11.4 Å². The largest absolute Gasteiger partial charge is 0.494 e. The molecule has 1 aliphatic rings. The fraction of sp³-hybridized carbons (Fsp3) is 0.400. The molecule has 0 aliphatic carbocycles.